The average molecular weight is 463 g/mol. The van der Waals surface area contributed by atoms with E-state index in [-0.39, 0.29) is 17.2 Å². The molecule has 0 aliphatic carbocycles. The second-order valence-corrected chi connectivity index (χ2v) is 7.94. The van der Waals surface area contributed by atoms with Gasteiger partial charge in [0, 0.05) is 81.9 Å². The normalized spacial score (nSPS) is 13.6. The van der Waals surface area contributed by atoms with Gasteiger partial charge in [-0.25, -0.2) is 0 Å². The molecule has 176 valence electrons. The molecular weight excluding hydrogens is 438 g/mol. The number of anilines is 2. The third-order valence-electron chi connectivity index (χ3n) is 5.71. The van der Waals surface area contributed by atoms with Crippen LogP contribution in [-0.4, -0.2) is 62.6 Å². The third-order valence-corrected chi connectivity index (χ3v) is 5.71. The molecule has 1 aliphatic heterocycles. The van der Waals surface area contributed by atoms with E-state index in [2.05, 4.69) is 15.4 Å². The fraction of sp³-hybridized carbons (Fsp3) is 0.304. The quantitative estimate of drug-likeness (QED) is 0.421. The van der Waals surface area contributed by atoms with Gasteiger partial charge >= 0.3 is 0 Å². The number of hydrogen-bond acceptors (Lipinski definition) is 7. The highest BCUT2D eigenvalue weighted by atomic mass is 16.6. The summed E-state index contributed by atoms with van der Waals surface area (Å²) < 4.78 is 1.70. The molecule has 2 aromatic heterocycles. The maximum Gasteiger partial charge on any atom is 0.293 e. The number of carbonyl (C=O) groups excluding carboxylic acids is 2. The van der Waals surface area contributed by atoms with Crippen LogP contribution in [0.5, 0.6) is 0 Å². The Hall–Kier alpha value is -4.28. The molecule has 1 N–H and O–H groups in total. The van der Waals surface area contributed by atoms with E-state index in [4.69, 9.17) is 0 Å². The Balaban J connectivity index is 1.41. The van der Waals surface area contributed by atoms with Gasteiger partial charge in [-0.15, -0.1) is 0 Å². The number of aromatic nitrogens is 3. The van der Waals surface area contributed by atoms with Crippen LogP contribution in [0.4, 0.5) is 17.2 Å². The van der Waals surface area contributed by atoms with Crippen LogP contribution < -0.4 is 10.2 Å². The van der Waals surface area contributed by atoms with Gasteiger partial charge in [0.2, 0.25) is 5.91 Å². The molecule has 3 aromatic rings. The van der Waals surface area contributed by atoms with Gasteiger partial charge in [0.05, 0.1) is 4.92 Å². The number of benzene rings is 1. The van der Waals surface area contributed by atoms with Crippen molar-refractivity contribution in [1.82, 2.24) is 19.7 Å². The second kappa shape index (κ2) is 10.1. The monoisotopic (exact) mass is 463 g/mol. The number of hydrogen-bond donors (Lipinski definition) is 1. The molecule has 0 unspecified atom stereocenters. The van der Waals surface area contributed by atoms with Crippen molar-refractivity contribution < 1.29 is 14.5 Å². The minimum atomic E-state index is -0.490. The summed E-state index contributed by atoms with van der Waals surface area (Å²) in [6.07, 6.45) is 4.19. The van der Waals surface area contributed by atoms with Gasteiger partial charge in [0.1, 0.15) is 5.69 Å². The zero-order valence-electron chi connectivity index (χ0n) is 18.8. The molecule has 0 saturated carbocycles. The molecule has 0 radical (unpaired) electrons. The first-order chi connectivity index (χ1) is 16.4. The van der Waals surface area contributed by atoms with E-state index >= 15 is 0 Å². The lowest BCUT2D eigenvalue weighted by atomic mass is 10.1. The Morgan fingerprint density at radius 1 is 1.12 bits per heavy atom. The first-order valence-corrected chi connectivity index (χ1v) is 10.9. The van der Waals surface area contributed by atoms with Crippen molar-refractivity contribution in [2.75, 3.05) is 36.4 Å². The van der Waals surface area contributed by atoms with Gasteiger partial charge < -0.3 is 15.1 Å². The highest BCUT2D eigenvalue weighted by Gasteiger charge is 2.26. The van der Waals surface area contributed by atoms with Gasteiger partial charge in [0.25, 0.3) is 11.6 Å². The van der Waals surface area contributed by atoms with Crippen LogP contribution in [0.1, 0.15) is 23.0 Å². The fourth-order valence-electron chi connectivity index (χ4n) is 3.86. The van der Waals surface area contributed by atoms with Crippen LogP contribution in [0.2, 0.25) is 0 Å². The Morgan fingerprint density at radius 3 is 2.59 bits per heavy atom. The van der Waals surface area contributed by atoms with Crippen LogP contribution in [0.3, 0.4) is 0 Å². The fourth-order valence-corrected chi connectivity index (χ4v) is 3.86. The lowest BCUT2D eigenvalue weighted by Crippen LogP contribution is -2.48. The van der Waals surface area contributed by atoms with E-state index in [1.807, 2.05) is 23.1 Å². The predicted octanol–water partition coefficient (Wildman–Crippen LogP) is 2.35. The highest BCUT2D eigenvalue weighted by molar-refractivity contribution is 6.04. The number of nitrogens with zero attached hydrogens (tertiary/aromatic N) is 6. The van der Waals surface area contributed by atoms with E-state index < -0.39 is 10.8 Å². The summed E-state index contributed by atoms with van der Waals surface area (Å²) in [6.45, 7) is 4.08. The van der Waals surface area contributed by atoms with Crippen molar-refractivity contribution in [3.8, 4) is 0 Å². The Kier molecular flexibility index (Phi) is 6.81. The van der Waals surface area contributed by atoms with Gasteiger partial charge in [-0.3, -0.25) is 29.4 Å². The summed E-state index contributed by atoms with van der Waals surface area (Å²) >= 11 is 0. The van der Waals surface area contributed by atoms with E-state index in [0.29, 0.717) is 50.6 Å². The molecule has 3 heterocycles. The van der Waals surface area contributed by atoms with Gasteiger partial charge in [-0.2, -0.15) is 5.10 Å². The molecule has 0 spiro atoms. The molecule has 11 heteroatoms. The first-order valence-electron chi connectivity index (χ1n) is 10.9. The minimum absolute atomic E-state index is 0.0136. The molecule has 0 bridgehead atoms. The Labute approximate surface area is 196 Å². The topological polar surface area (TPSA) is 126 Å². The maximum atomic E-state index is 12.7. The lowest BCUT2D eigenvalue weighted by molar-refractivity contribution is -0.384. The summed E-state index contributed by atoms with van der Waals surface area (Å²) in [7, 11) is 0. The number of carbonyl (C=O) groups is 2. The summed E-state index contributed by atoms with van der Waals surface area (Å²) in [6, 6.07) is 11.8. The number of aryl methyl sites for hydroxylation is 2. The van der Waals surface area contributed by atoms with Crippen molar-refractivity contribution in [2.45, 2.75) is 19.9 Å². The predicted molar refractivity (Wildman–Crippen MR) is 126 cm³/mol. The average Bonchev–Trinajstić information content (AvgIpc) is 3.30. The largest absolute Gasteiger partial charge is 0.362 e. The van der Waals surface area contributed by atoms with Crippen molar-refractivity contribution in [1.29, 1.82) is 0 Å². The molecule has 1 saturated heterocycles. The van der Waals surface area contributed by atoms with Crippen molar-refractivity contribution in [2.24, 2.45) is 0 Å². The Morgan fingerprint density at radius 2 is 1.91 bits per heavy atom. The van der Waals surface area contributed by atoms with Crippen LogP contribution >= 0.6 is 0 Å². The molecule has 1 aliphatic rings. The smallest absolute Gasteiger partial charge is 0.293 e. The summed E-state index contributed by atoms with van der Waals surface area (Å²) in [4.78, 5) is 43.3. The minimum Gasteiger partial charge on any atom is -0.362 e. The van der Waals surface area contributed by atoms with E-state index in [0.717, 1.165) is 5.69 Å². The van der Waals surface area contributed by atoms with E-state index in [1.54, 1.807) is 40.2 Å². The summed E-state index contributed by atoms with van der Waals surface area (Å²) in [5.74, 6) is -0.135. The number of nitro benzene ring substituents is 1. The molecule has 1 fully saturated rings. The summed E-state index contributed by atoms with van der Waals surface area (Å²) in [5.41, 5.74) is 1.40. The van der Waals surface area contributed by atoms with Crippen LogP contribution in [-0.2, 0) is 17.8 Å². The van der Waals surface area contributed by atoms with E-state index in [9.17, 15) is 19.7 Å². The third kappa shape index (κ3) is 5.37. The van der Waals surface area contributed by atoms with Crippen molar-refractivity contribution >= 4 is 29.0 Å². The lowest BCUT2D eigenvalue weighted by Gasteiger charge is -2.35. The van der Waals surface area contributed by atoms with Crippen molar-refractivity contribution in [3.63, 3.8) is 0 Å². The van der Waals surface area contributed by atoms with Gasteiger partial charge in [-0.1, -0.05) is 6.07 Å². The van der Waals surface area contributed by atoms with E-state index in [1.165, 1.54) is 13.0 Å². The van der Waals surface area contributed by atoms with Gasteiger partial charge in [0.15, 0.2) is 5.82 Å². The number of nitrogens with one attached hydrogen (secondary N) is 1. The highest BCUT2D eigenvalue weighted by Crippen LogP contribution is 2.30. The zero-order valence-corrected chi connectivity index (χ0v) is 18.8. The number of pyridine rings is 1. The molecule has 0 atom stereocenters. The molecular formula is C23H25N7O4. The molecule has 2 amide bonds. The van der Waals surface area contributed by atoms with Crippen LogP contribution in [0.25, 0.3) is 0 Å². The number of rotatable bonds is 7. The summed E-state index contributed by atoms with van der Waals surface area (Å²) in [5, 5.41) is 18.8. The Bertz CT molecular complexity index is 1190. The maximum absolute atomic E-state index is 12.7. The molecule has 34 heavy (non-hydrogen) atoms. The number of nitro groups is 1. The molecule has 1 aromatic carbocycles. The van der Waals surface area contributed by atoms with Gasteiger partial charge in [-0.05, 0) is 24.3 Å². The molecule has 4 rings (SSSR count). The molecule has 11 nitrogen and oxygen atoms in total. The standard InChI is InChI=1S/C23H25N7O4/c1-17(31)27-12-14-28(15-13-27)20-6-5-18(16-21(20)30(33)34)23(32)25-22-8-11-29(26-22)10-7-19-4-2-3-9-24-19/h2-6,8-9,11,16H,7,10,12-15H2,1H3,(H,25,26,32). The first kappa shape index (κ1) is 22.9. The number of amides is 2. The van der Waals surface area contributed by atoms with Crippen molar-refractivity contribution in [3.05, 3.63) is 76.2 Å². The second-order valence-electron chi connectivity index (χ2n) is 7.94. The van der Waals surface area contributed by atoms with Crippen LogP contribution in [0, 0.1) is 10.1 Å². The van der Waals surface area contributed by atoms with Crippen LogP contribution in [0.15, 0.2) is 54.9 Å². The zero-order chi connectivity index (χ0) is 24.1. The number of piperazine rings is 1. The SMILES string of the molecule is CC(=O)N1CCN(c2ccc(C(=O)Nc3ccn(CCc4ccccn4)n3)cc2[N+](=O)[O-])CC1.